The smallest absolute Gasteiger partial charge is 0.245 e. The van der Waals surface area contributed by atoms with E-state index in [0.29, 0.717) is 24.5 Å². The topological polar surface area (TPSA) is 61.4 Å². The third kappa shape index (κ3) is 2.89. The molecule has 0 aromatic heterocycles. The second-order valence-electron chi connectivity index (χ2n) is 5.68. The van der Waals surface area contributed by atoms with Crippen LogP contribution in [-0.4, -0.2) is 41.4 Å². The van der Waals surface area contributed by atoms with Crippen molar-refractivity contribution in [3.8, 4) is 0 Å². The molecule has 112 valence electrons. The van der Waals surface area contributed by atoms with E-state index in [1.807, 2.05) is 24.3 Å². The average molecular weight is 308 g/mol. The van der Waals surface area contributed by atoms with Crippen molar-refractivity contribution in [1.82, 2.24) is 15.5 Å². The van der Waals surface area contributed by atoms with Crippen LogP contribution in [0.3, 0.4) is 0 Å². The van der Waals surface area contributed by atoms with Crippen LogP contribution in [0.15, 0.2) is 24.3 Å². The number of carbonyl (C=O) groups is 2. The zero-order chi connectivity index (χ0) is 15.0. The summed E-state index contributed by atoms with van der Waals surface area (Å²) in [6.45, 7) is 3.02. The maximum Gasteiger partial charge on any atom is 0.245 e. The molecule has 0 aliphatic carbocycles. The minimum Gasteiger partial charge on any atom is -0.343 e. The molecule has 0 spiro atoms. The Morgan fingerprint density at radius 3 is 2.76 bits per heavy atom. The molecule has 2 heterocycles. The highest BCUT2D eigenvalue weighted by atomic mass is 35.5. The molecule has 2 amide bonds. The fourth-order valence-electron chi connectivity index (χ4n) is 2.96. The van der Waals surface area contributed by atoms with Crippen LogP contribution < -0.4 is 10.6 Å². The van der Waals surface area contributed by atoms with E-state index in [9.17, 15) is 9.59 Å². The molecule has 3 rings (SSSR count). The van der Waals surface area contributed by atoms with E-state index in [0.717, 1.165) is 5.56 Å². The predicted molar refractivity (Wildman–Crippen MR) is 79.8 cm³/mol. The zero-order valence-electron chi connectivity index (χ0n) is 11.8. The Morgan fingerprint density at radius 2 is 2.05 bits per heavy atom. The monoisotopic (exact) mass is 307 g/mol. The minimum absolute atomic E-state index is 0.00962. The van der Waals surface area contributed by atoms with Crippen LogP contribution in [0.1, 0.15) is 18.9 Å². The summed E-state index contributed by atoms with van der Waals surface area (Å²) in [5.41, 5.74) is 1.13. The van der Waals surface area contributed by atoms with Gasteiger partial charge in [0.2, 0.25) is 11.8 Å². The van der Waals surface area contributed by atoms with E-state index in [2.05, 4.69) is 10.6 Å². The summed E-state index contributed by atoms with van der Waals surface area (Å²) >= 11 is 5.86. The van der Waals surface area contributed by atoms with Gasteiger partial charge in [-0.3, -0.25) is 9.59 Å². The van der Waals surface area contributed by atoms with Crippen molar-refractivity contribution < 1.29 is 9.59 Å². The Hall–Kier alpha value is -1.59. The Balaban J connectivity index is 1.60. The zero-order valence-corrected chi connectivity index (χ0v) is 12.6. The number of piperazine rings is 1. The Labute approximate surface area is 128 Å². The second-order valence-corrected chi connectivity index (χ2v) is 6.11. The van der Waals surface area contributed by atoms with E-state index in [1.54, 1.807) is 11.8 Å². The number of carbonyl (C=O) groups excluding carboxylic acids is 2. The van der Waals surface area contributed by atoms with Crippen LogP contribution in [0.4, 0.5) is 0 Å². The van der Waals surface area contributed by atoms with Crippen molar-refractivity contribution in [3.63, 3.8) is 0 Å². The molecule has 21 heavy (non-hydrogen) atoms. The standard InChI is InChI=1S/C15H18ClN3O2/c1-9-15(21)19-8-12(6-13(19)14(20)18-9)17-7-10-2-4-11(16)5-3-10/h2-5,9,12-13,17H,6-8H2,1H3,(H,18,20)/t9-,12+,13+/m1/s1. The number of benzene rings is 1. The van der Waals surface area contributed by atoms with E-state index in [1.165, 1.54) is 0 Å². The lowest BCUT2D eigenvalue weighted by Gasteiger charge is -2.32. The van der Waals surface area contributed by atoms with Crippen LogP contribution in [0.2, 0.25) is 5.02 Å². The number of nitrogens with zero attached hydrogens (tertiary/aromatic N) is 1. The molecule has 1 aromatic rings. The lowest BCUT2D eigenvalue weighted by atomic mass is 10.1. The first kappa shape index (κ1) is 14.4. The van der Waals surface area contributed by atoms with Crippen LogP contribution >= 0.6 is 11.6 Å². The van der Waals surface area contributed by atoms with Gasteiger partial charge in [-0.05, 0) is 31.0 Å². The summed E-state index contributed by atoms with van der Waals surface area (Å²) in [6, 6.07) is 7.06. The molecule has 2 aliphatic heterocycles. The van der Waals surface area contributed by atoms with Crippen molar-refractivity contribution in [1.29, 1.82) is 0 Å². The summed E-state index contributed by atoms with van der Waals surface area (Å²) in [4.78, 5) is 25.7. The quantitative estimate of drug-likeness (QED) is 0.873. The molecular formula is C15H18ClN3O2. The largest absolute Gasteiger partial charge is 0.343 e. The van der Waals surface area contributed by atoms with Gasteiger partial charge in [0.15, 0.2) is 0 Å². The summed E-state index contributed by atoms with van der Waals surface area (Å²) in [5, 5.41) is 6.86. The molecule has 2 fully saturated rings. The van der Waals surface area contributed by atoms with Crippen molar-refractivity contribution in [3.05, 3.63) is 34.9 Å². The summed E-state index contributed by atoms with van der Waals surface area (Å²) in [7, 11) is 0. The predicted octanol–water partition coefficient (Wildman–Crippen LogP) is 0.917. The van der Waals surface area contributed by atoms with Crippen LogP contribution in [-0.2, 0) is 16.1 Å². The first-order valence-corrected chi connectivity index (χ1v) is 7.51. The van der Waals surface area contributed by atoms with Gasteiger partial charge in [0.1, 0.15) is 12.1 Å². The summed E-state index contributed by atoms with van der Waals surface area (Å²) in [6.07, 6.45) is 0.665. The summed E-state index contributed by atoms with van der Waals surface area (Å²) < 4.78 is 0. The third-order valence-electron chi connectivity index (χ3n) is 4.12. The Morgan fingerprint density at radius 1 is 1.33 bits per heavy atom. The van der Waals surface area contributed by atoms with Gasteiger partial charge in [-0.2, -0.15) is 0 Å². The minimum atomic E-state index is -0.413. The SMILES string of the molecule is C[C@H]1NC(=O)[C@@H]2C[C@H](NCc3ccc(Cl)cc3)CN2C1=O. The van der Waals surface area contributed by atoms with E-state index in [-0.39, 0.29) is 23.9 Å². The molecule has 5 nitrogen and oxygen atoms in total. The van der Waals surface area contributed by atoms with E-state index < -0.39 is 6.04 Å². The van der Waals surface area contributed by atoms with Gasteiger partial charge < -0.3 is 15.5 Å². The van der Waals surface area contributed by atoms with Crippen molar-refractivity contribution in [2.45, 2.75) is 38.0 Å². The van der Waals surface area contributed by atoms with Crippen LogP contribution in [0.25, 0.3) is 0 Å². The average Bonchev–Trinajstić information content (AvgIpc) is 2.89. The molecule has 6 heteroatoms. The van der Waals surface area contributed by atoms with Crippen molar-refractivity contribution >= 4 is 23.4 Å². The molecule has 0 bridgehead atoms. The van der Waals surface area contributed by atoms with Gasteiger partial charge >= 0.3 is 0 Å². The summed E-state index contributed by atoms with van der Waals surface area (Å²) in [5.74, 6) is -0.0340. The van der Waals surface area contributed by atoms with Gasteiger partial charge in [0.25, 0.3) is 0 Å². The van der Waals surface area contributed by atoms with Gasteiger partial charge in [0, 0.05) is 24.2 Å². The highest BCUT2D eigenvalue weighted by Gasteiger charge is 2.44. The number of hydrogen-bond acceptors (Lipinski definition) is 3. The number of hydrogen-bond donors (Lipinski definition) is 2. The van der Waals surface area contributed by atoms with Crippen LogP contribution in [0, 0.1) is 0 Å². The lowest BCUT2D eigenvalue weighted by molar-refractivity contribution is -0.146. The number of amides is 2. The third-order valence-corrected chi connectivity index (χ3v) is 4.38. The fourth-order valence-corrected chi connectivity index (χ4v) is 3.09. The highest BCUT2D eigenvalue weighted by molar-refractivity contribution is 6.30. The van der Waals surface area contributed by atoms with Crippen molar-refractivity contribution in [2.75, 3.05) is 6.54 Å². The first-order chi connectivity index (χ1) is 10.0. The molecule has 0 unspecified atom stereocenters. The maximum absolute atomic E-state index is 12.1. The number of rotatable bonds is 3. The number of fused-ring (bicyclic) bond motifs is 1. The van der Waals surface area contributed by atoms with Crippen LogP contribution in [0.5, 0.6) is 0 Å². The normalized spacial score (nSPS) is 28.5. The van der Waals surface area contributed by atoms with Gasteiger partial charge in [0.05, 0.1) is 0 Å². The molecule has 2 N–H and O–H groups in total. The van der Waals surface area contributed by atoms with Crippen molar-refractivity contribution in [2.24, 2.45) is 0 Å². The van der Waals surface area contributed by atoms with Gasteiger partial charge in [-0.25, -0.2) is 0 Å². The molecule has 2 saturated heterocycles. The molecule has 2 aliphatic rings. The molecule has 0 radical (unpaired) electrons. The van der Waals surface area contributed by atoms with E-state index in [4.69, 9.17) is 11.6 Å². The number of nitrogens with one attached hydrogen (secondary N) is 2. The lowest BCUT2D eigenvalue weighted by Crippen LogP contribution is -2.60. The molecule has 3 atom stereocenters. The maximum atomic E-state index is 12.1. The van der Waals surface area contributed by atoms with E-state index >= 15 is 0 Å². The fraction of sp³-hybridized carbons (Fsp3) is 0.467. The highest BCUT2D eigenvalue weighted by Crippen LogP contribution is 2.23. The number of halogens is 1. The Bertz CT molecular complexity index is 561. The molecule has 1 aromatic carbocycles. The van der Waals surface area contributed by atoms with Gasteiger partial charge in [-0.15, -0.1) is 0 Å². The first-order valence-electron chi connectivity index (χ1n) is 7.13. The molecule has 0 saturated carbocycles. The Kier molecular flexibility index (Phi) is 3.87. The molecular weight excluding hydrogens is 290 g/mol. The van der Waals surface area contributed by atoms with Gasteiger partial charge in [-0.1, -0.05) is 23.7 Å². The second kappa shape index (κ2) is 5.66.